The monoisotopic (exact) mass is 325 g/mol. The molecule has 2 rings (SSSR count). The molecule has 1 atom stereocenters. The van der Waals surface area contributed by atoms with Crippen molar-refractivity contribution in [1.29, 1.82) is 0 Å². The van der Waals surface area contributed by atoms with E-state index in [-0.39, 0.29) is 0 Å². The molecule has 1 unspecified atom stereocenters. The first-order valence-electron chi connectivity index (χ1n) is 7.30. The van der Waals surface area contributed by atoms with Gasteiger partial charge in [0.2, 0.25) is 0 Å². The second kappa shape index (κ2) is 7.30. The van der Waals surface area contributed by atoms with E-state index in [0.717, 1.165) is 22.7 Å². The van der Waals surface area contributed by atoms with Gasteiger partial charge >= 0.3 is 0 Å². The zero-order valence-electron chi connectivity index (χ0n) is 11.9. The van der Waals surface area contributed by atoms with Gasteiger partial charge in [0.25, 0.3) is 0 Å². The van der Waals surface area contributed by atoms with Crippen LogP contribution in [0, 0.1) is 5.92 Å². The Balaban J connectivity index is 1.93. The molecular weight excluding hydrogens is 302 g/mol. The van der Waals surface area contributed by atoms with Gasteiger partial charge in [0.05, 0.1) is 11.1 Å². The van der Waals surface area contributed by atoms with Crippen molar-refractivity contribution >= 4 is 15.9 Å². The molecule has 0 amide bonds. The highest BCUT2D eigenvalue weighted by Crippen LogP contribution is 2.30. The first-order valence-corrected chi connectivity index (χ1v) is 8.09. The van der Waals surface area contributed by atoms with Crippen molar-refractivity contribution in [2.24, 2.45) is 5.92 Å². The van der Waals surface area contributed by atoms with E-state index in [0.29, 0.717) is 6.04 Å². The Bertz CT molecular complexity index is 402. The molecule has 1 fully saturated rings. The van der Waals surface area contributed by atoms with Crippen LogP contribution in [-0.2, 0) is 0 Å². The SMILES string of the molecule is CNC(C)c1ccc(OCC2CCCCC2)c(Br)c1. The standard InChI is InChI=1S/C16H24BrNO/c1-12(18-2)14-8-9-16(15(17)10-14)19-11-13-6-4-3-5-7-13/h8-10,12-13,18H,3-7,11H2,1-2H3. The number of hydrogen-bond donors (Lipinski definition) is 1. The summed E-state index contributed by atoms with van der Waals surface area (Å²) in [6.45, 7) is 3.02. The molecule has 1 aliphatic carbocycles. The van der Waals surface area contributed by atoms with Gasteiger partial charge in [0, 0.05) is 6.04 Å². The van der Waals surface area contributed by atoms with Gasteiger partial charge in [-0.1, -0.05) is 25.3 Å². The van der Waals surface area contributed by atoms with E-state index >= 15 is 0 Å². The van der Waals surface area contributed by atoms with E-state index in [1.807, 2.05) is 7.05 Å². The Morgan fingerprint density at radius 1 is 1.32 bits per heavy atom. The van der Waals surface area contributed by atoms with E-state index in [2.05, 4.69) is 46.4 Å². The van der Waals surface area contributed by atoms with Gasteiger partial charge < -0.3 is 10.1 Å². The largest absolute Gasteiger partial charge is 0.492 e. The minimum absolute atomic E-state index is 0.365. The van der Waals surface area contributed by atoms with Crippen LogP contribution in [0.1, 0.15) is 50.6 Å². The van der Waals surface area contributed by atoms with Crippen molar-refractivity contribution in [2.45, 2.75) is 45.1 Å². The van der Waals surface area contributed by atoms with Crippen LogP contribution in [0.15, 0.2) is 22.7 Å². The zero-order valence-corrected chi connectivity index (χ0v) is 13.5. The number of nitrogens with one attached hydrogen (secondary N) is 1. The molecule has 1 aliphatic rings. The fourth-order valence-electron chi connectivity index (χ4n) is 2.63. The average Bonchev–Trinajstić information content (AvgIpc) is 2.46. The van der Waals surface area contributed by atoms with Crippen molar-refractivity contribution in [2.75, 3.05) is 13.7 Å². The summed E-state index contributed by atoms with van der Waals surface area (Å²) in [7, 11) is 1.98. The molecule has 0 radical (unpaired) electrons. The predicted octanol–water partition coefficient (Wildman–Crippen LogP) is 4.69. The molecule has 106 valence electrons. The van der Waals surface area contributed by atoms with E-state index in [4.69, 9.17) is 4.74 Å². The van der Waals surface area contributed by atoms with Crippen LogP contribution < -0.4 is 10.1 Å². The molecule has 1 aromatic carbocycles. The molecule has 19 heavy (non-hydrogen) atoms. The van der Waals surface area contributed by atoms with Crippen molar-refractivity contribution in [3.63, 3.8) is 0 Å². The summed E-state index contributed by atoms with van der Waals surface area (Å²) >= 11 is 3.62. The molecule has 0 bridgehead atoms. The summed E-state index contributed by atoms with van der Waals surface area (Å²) in [6, 6.07) is 6.74. The number of halogens is 1. The van der Waals surface area contributed by atoms with Crippen LogP contribution in [-0.4, -0.2) is 13.7 Å². The van der Waals surface area contributed by atoms with Crippen LogP contribution in [0.3, 0.4) is 0 Å². The topological polar surface area (TPSA) is 21.3 Å². The van der Waals surface area contributed by atoms with Gasteiger partial charge in [0.1, 0.15) is 5.75 Å². The molecule has 3 heteroatoms. The summed E-state index contributed by atoms with van der Waals surface area (Å²) in [5.74, 6) is 1.72. The fourth-order valence-corrected chi connectivity index (χ4v) is 3.14. The lowest BCUT2D eigenvalue weighted by Crippen LogP contribution is -2.15. The Kier molecular flexibility index (Phi) is 5.71. The van der Waals surface area contributed by atoms with E-state index < -0.39 is 0 Å². The first kappa shape index (κ1) is 14.9. The maximum Gasteiger partial charge on any atom is 0.133 e. The normalized spacial score (nSPS) is 18.3. The Morgan fingerprint density at radius 3 is 2.68 bits per heavy atom. The third kappa shape index (κ3) is 4.22. The maximum absolute atomic E-state index is 5.98. The van der Waals surface area contributed by atoms with Gasteiger partial charge in [0.15, 0.2) is 0 Å². The molecule has 0 saturated heterocycles. The second-order valence-electron chi connectivity index (χ2n) is 5.52. The highest BCUT2D eigenvalue weighted by Gasteiger charge is 2.15. The molecular formula is C16H24BrNO. The van der Waals surface area contributed by atoms with Crippen molar-refractivity contribution in [3.8, 4) is 5.75 Å². The number of hydrogen-bond acceptors (Lipinski definition) is 2. The predicted molar refractivity (Wildman–Crippen MR) is 83.7 cm³/mol. The molecule has 0 aliphatic heterocycles. The summed E-state index contributed by atoms with van der Waals surface area (Å²) in [4.78, 5) is 0. The first-order chi connectivity index (χ1) is 9.20. The summed E-state index contributed by atoms with van der Waals surface area (Å²) in [5, 5.41) is 3.25. The van der Waals surface area contributed by atoms with E-state index in [1.165, 1.54) is 37.7 Å². The molecule has 0 aromatic heterocycles. The summed E-state index contributed by atoms with van der Waals surface area (Å²) in [5.41, 5.74) is 1.28. The maximum atomic E-state index is 5.98. The van der Waals surface area contributed by atoms with Crippen LogP contribution >= 0.6 is 15.9 Å². The summed E-state index contributed by atoms with van der Waals surface area (Å²) < 4.78 is 7.04. The van der Waals surface area contributed by atoms with Gasteiger partial charge in [-0.05, 0) is 66.4 Å². The lowest BCUT2D eigenvalue weighted by Gasteiger charge is -2.22. The van der Waals surface area contributed by atoms with Crippen molar-refractivity contribution in [3.05, 3.63) is 28.2 Å². The van der Waals surface area contributed by atoms with Crippen LogP contribution in [0.5, 0.6) is 5.75 Å². The quantitative estimate of drug-likeness (QED) is 0.848. The van der Waals surface area contributed by atoms with Gasteiger partial charge in [-0.2, -0.15) is 0 Å². The van der Waals surface area contributed by atoms with Crippen molar-refractivity contribution < 1.29 is 4.74 Å². The third-order valence-corrected chi connectivity index (χ3v) is 4.71. The zero-order chi connectivity index (χ0) is 13.7. The molecule has 0 heterocycles. The van der Waals surface area contributed by atoms with Gasteiger partial charge in [-0.25, -0.2) is 0 Å². The minimum atomic E-state index is 0.365. The number of ether oxygens (including phenoxy) is 1. The van der Waals surface area contributed by atoms with Crippen molar-refractivity contribution in [1.82, 2.24) is 5.32 Å². The molecule has 1 aromatic rings. The van der Waals surface area contributed by atoms with Gasteiger partial charge in [-0.15, -0.1) is 0 Å². The summed E-state index contributed by atoms with van der Waals surface area (Å²) in [6.07, 6.45) is 6.79. The molecule has 1 saturated carbocycles. The van der Waals surface area contributed by atoms with Crippen LogP contribution in [0.4, 0.5) is 0 Å². The highest BCUT2D eigenvalue weighted by molar-refractivity contribution is 9.10. The van der Waals surface area contributed by atoms with Crippen LogP contribution in [0.25, 0.3) is 0 Å². The third-order valence-electron chi connectivity index (χ3n) is 4.09. The Hall–Kier alpha value is -0.540. The molecule has 2 nitrogen and oxygen atoms in total. The minimum Gasteiger partial charge on any atom is -0.492 e. The Morgan fingerprint density at radius 2 is 2.05 bits per heavy atom. The Labute approximate surface area is 125 Å². The smallest absolute Gasteiger partial charge is 0.133 e. The number of rotatable bonds is 5. The lowest BCUT2D eigenvalue weighted by molar-refractivity contribution is 0.208. The van der Waals surface area contributed by atoms with Gasteiger partial charge in [-0.3, -0.25) is 0 Å². The van der Waals surface area contributed by atoms with E-state index in [1.54, 1.807) is 0 Å². The number of benzene rings is 1. The van der Waals surface area contributed by atoms with Crippen LogP contribution in [0.2, 0.25) is 0 Å². The average molecular weight is 326 g/mol. The highest BCUT2D eigenvalue weighted by atomic mass is 79.9. The fraction of sp³-hybridized carbons (Fsp3) is 0.625. The second-order valence-corrected chi connectivity index (χ2v) is 6.37. The van der Waals surface area contributed by atoms with E-state index in [9.17, 15) is 0 Å². The lowest BCUT2D eigenvalue weighted by atomic mass is 9.90. The molecule has 1 N–H and O–H groups in total. The molecule has 0 spiro atoms.